The smallest absolute Gasteiger partial charge is 0.211 e. The van der Waals surface area contributed by atoms with E-state index in [1.807, 2.05) is 0 Å². The van der Waals surface area contributed by atoms with Crippen molar-refractivity contribution in [2.75, 3.05) is 26.4 Å². The van der Waals surface area contributed by atoms with Crippen molar-refractivity contribution in [1.29, 1.82) is 0 Å². The van der Waals surface area contributed by atoms with E-state index in [1.165, 1.54) is 17.4 Å². The van der Waals surface area contributed by atoms with Gasteiger partial charge >= 0.3 is 0 Å². The Balaban J connectivity index is 1.86. The quantitative estimate of drug-likeness (QED) is 0.832. The van der Waals surface area contributed by atoms with Crippen molar-refractivity contribution >= 4 is 10.0 Å². The van der Waals surface area contributed by atoms with Gasteiger partial charge in [-0.1, -0.05) is 24.3 Å². The third-order valence-corrected chi connectivity index (χ3v) is 6.15. The summed E-state index contributed by atoms with van der Waals surface area (Å²) in [6, 6.07) is 9.09. The molecule has 5 heteroatoms. The molecule has 0 aromatic heterocycles. The van der Waals surface area contributed by atoms with E-state index in [9.17, 15) is 8.42 Å². The van der Waals surface area contributed by atoms with Gasteiger partial charge < -0.3 is 0 Å². The second-order valence-electron chi connectivity index (χ2n) is 5.96. The van der Waals surface area contributed by atoms with Crippen LogP contribution in [0.5, 0.6) is 0 Å². The summed E-state index contributed by atoms with van der Waals surface area (Å²) < 4.78 is 25.1. The van der Waals surface area contributed by atoms with Gasteiger partial charge in [-0.3, -0.25) is 4.90 Å². The summed E-state index contributed by atoms with van der Waals surface area (Å²) in [6.07, 6.45) is 4.25. The van der Waals surface area contributed by atoms with Crippen LogP contribution >= 0.6 is 0 Å². The molecule has 4 nitrogen and oxygen atoms in total. The van der Waals surface area contributed by atoms with Crippen LogP contribution in [0.3, 0.4) is 0 Å². The maximum Gasteiger partial charge on any atom is 0.211 e. The molecule has 1 aromatic rings. The molecule has 110 valence electrons. The van der Waals surface area contributed by atoms with Crippen molar-refractivity contribution in [3.05, 3.63) is 35.4 Å². The minimum atomic E-state index is -3.10. The maximum atomic E-state index is 11.7. The zero-order valence-corrected chi connectivity index (χ0v) is 12.9. The molecular weight excluding hydrogens is 272 g/mol. The van der Waals surface area contributed by atoms with Crippen LogP contribution in [0.1, 0.15) is 30.0 Å². The molecule has 1 saturated heterocycles. The highest BCUT2D eigenvalue weighted by molar-refractivity contribution is 7.88. The fourth-order valence-corrected chi connectivity index (χ4v) is 4.27. The summed E-state index contributed by atoms with van der Waals surface area (Å²) in [4.78, 5) is 2.51. The van der Waals surface area contributed by atoms with Crippen LogP contribution in [-0.2, 0) is 16.4 Å². The topological polar surface area (TPSA) is 40.6 Å². The molecule has 0 unspecified atom stereocenters. The molecule has 0 amide bonds. The predicted molar refractivity (Wildman–Crippen MR) is 80.1 cm³/mol. The lowest BCUT2D eigenvalue weighted by atomic mass is 9.85. The molecule has 2 aliphatic heterocycles. The monoisotopic (exact) mass is 294 g/mol. The Morgan fingerprint density at radius 1 is 1.25 bits per heavy atom. The molecule has 2 heterocycles. The van der Waals surface area contributed by atoms with Crippen molar-refractivity contribution in [2.45, 2.75) is 31.3 Å². The van der Waals surface area contributed by atoms with E-state index in [1.54, 1.807) is 11.4 Å². The molecule has 0 aliphatic carbocycles. The molecule has 0 spiro atoms. The van der Waals surface area contributed by atoms with Gasteiger partial charge in [-0.25, -0.2) is 12.7 Å². The predicted octanol–water partition coefficient (Wildman–Crippen LogP) is 1.64. The van der Waals surface area contributed by atoms with Crippen molar-refractivity contribution in [3.8, 4) is 0 Å². The fourth-order valence-electron chi connectivity index (χ4n) is 3.54. The van der Waals surface area contributed by atoms with Crippen LogP contribution in [0.15, 0.2) is 24.3 Å². The zero-order valence-electron chi connectivity index (χ0n) is 12.1. The number of hydrogen-bond donors (Lipinski definition) is 0. The highest BCUT2D eigenvalue weighted by Gasteiger charge is 2.36. The van der Waals surface area contributed by atoms with Crippen LogP contribution in [-0.4, -0.2) is 50.1 Å². The van der Waals surface area contributed by atoms with Crippen LogP contribution in [0.25, 0.3) is 0 Å². The maximum absolute atomic E-state index is 11.7. The van der Waals surface area contributed by atoms with Gasteiger partial charge in [0.05, 0.1) is 6.26 Å². The second-order valence-corrected chi connectivity index (χ2v) is 8.00. The number of piperidine rings is 1. The number of nitrogens with zero attached hydrogens (tertiary/aromatic N) is 2. The standard InChI is InChI=1S/C15H22N2O2S/c1-16(20(2,18)19)13-8-10-17-9-7-12-5-3-4-6-14(12)15(17)11-13/h3-6,13,15H,7-11H2,1-2H3/t13-,15-/m0/s1. The lowest BCUT2D eigenvalue weighted by Gasteiger charge is -2.45. The first kappa shape index (κ1) is 14.0. The molecule has 2 aliphatic rings. The van der Waals surface area contributed by atoms with Gasteiger partial charge in [0.1, 0.15) is 0 Å². The van der Waals surface area contributed by atoms with Gasteiger partial charge in [-0.15, -0.1) is 0 Å². The Hall–Kier alpha value is -0.910. The Labute approximate surface area is 121 Å². The number of sulfonamides is 1. The van der Waals surface area contributed by atoms with Crippen LogP contribution in [0.4, 0.5) is 0 Å². The Morgan fingerprint density at radius 3 is 2.75 bits per heavy atom. The van der Waals surface area contributed by atoms with E-state index < -0.39 is 10.0 Å². The van der Waals surface area contributed by atoms with Crippen LogP contribution < -0.4 is 0 Å². The molecular formula is C15H22N2O2S. The van der Waals surface area contributed by atoms with Crippen molar-refractivity contribution < 1.29 is 8.42 Å². The average Bonchev–Trinajstić information content (AvgIpc) is 2.45. The van der Waals surface area contributed by atoms with E-state index in [4.69, 9.17) is 0 Å². The van der Waals surface area contributed by atoms with Crippen molar-refractivity contribution in [3.63, 3.8) is 0 Å². The highest BCUT2D eigenvalue weighted by Crippen LogP contribution is 2.37. The first-order chi connectivity index (χ1) is 9.47. The molecule has 0 radical (unpaired) electrons. The molecule has 1 fully saturated rings. The summed E-state index contributed by atoms with van der Waals surface area (Å²) in [5, 5.41) is 0. The first-order valence-electron chi connectivity index (χ1n) is 7.21. The molecule has 20 heavy (non-hydrogen) atoms. The molecule has 0 bridgehead atoms. The summed E-state index contributed by atoms with van der Waals surface area (Å²) in [6.45, 7) is 2.08. The van der Waals surface area contributed by atoms with E-state index in [0.717, 1.165) is 32.4 Å². The first-order valence-corrected chi connectivity index (χ1v) is 9.06. The Bertz CT molecular complexity index is 600. The van der Waals surface area contributed by atoms with Crippen LogP contribution in [0.2, 0.25) is 0 Å². The second kappa shape index (κ2) is 5.13. The summed E-state index contributed by atoms with van der Waals surface area (Å²) in [5.74, 6) is 0. The highest BCUT2D eigenvalue weighted by atomic mass is 32.2. The SMILES string of the molecule is CN([C@H]1CCN2CCc3ccccc3[C@@H]2C1)S(C)(=O)=O. The minimum Gasteiger partial charge on any atom is -0.296 e. The molecule has 1 aromatic carbocycles. The van der Waals surface area contributed by atoms with E-state index in [0.29, 0.717) is 6.04 Å². The number of fused-ring (bicyclic) bond motifs is 3. The molecule has 2 atom stereocenters. The zero-order chi connectivity index (χ0) is 14.3. The fraction of sp³-hybridized carbons (Fsp3) is 0.600. The molecule has 0 N–H and O–H groups in total. The van der Waals surface area contributed by atoms with Crippen LogP contribution in [0, 0.1) is 0 Å². The van der Waals surface area contributed by atoms with E-state index >= 15 is 0 Å². The normalized spacial score (nSPS) is 27.1. The third-order valence-electron chi connectivity index (χ3n) is 4.81. The third kappa shape index (κ3) is 2.50. The largest absolute Gasteiger partial charge is 0.296 e. The lowest BCUT2D eigenvalue weighted by molar-refractivity contribution is 0.0971. The molecule has 0 saturated carbocycles. The van der Waals surface area contributed by atoms with Gasteiger partial charge in [0.15, 0.2) is 0 Å². The van der Waals surface area contributed by atoms with Crippen molar-refractivity contribution in [2.24, 2.45) is 0 Å². The minimum absolute atomic E-state index is 0.123. The van der Waals surface area contributed by atoms with Gasteiger partial charge in [-0.2, -0.15) is 0 Å². The Morgan fingerprint density at radius 2 is 2.00 bits per heavy atom. The number of rotatable bonds is 2. The Kier molecular flexibility index (Phi) is 3.60. The van der Waals surface area contributed by atoms with E-state index in [2.05, 4.69) is 29.2 Å². The van der Waals surface area contributed by atoms with Gasteiger partial charge in [-0.05, 0) is 30.4 Å². The van der Waals surface area contributed by atoms with E-state index in [-0.39, 0.29) is 6.04 Å². The van der Waals surface area contributed by atoms with Crippen molar-refractivity contribution in [1.82, 2.24) is 9.21 Å². The molecule has 3 rings (SSSR count). The van der Waals surface area contributed by atoms with Gasteiger partial charge in [0, 0.05) is 32.2 Å². The van der Waals surface area contributed by atoms with Gasteiger partial charge in [0.25, 0.3) is 0 Å². The lowest BCUT2D eigenvalue weighted by Crippen LogP contribution is -2.48. The number of hydrogen-bond acceptors (Lipinski definition) is 3. The van der Waals surface area contributed by atoms with Gasteiger partial charge in [0.2, 0.25) is 10.0 Å². The average molecular weight is 294 g/mol. The summed E-state index contributed by atoms with van der Waals surface area (Å²) in [5.41, 5.74) is 2.82. The summed E-state index contributed by atoms with van der Waals surface area (Å²) in [7, 11) is -1.39. The summed E-state index contributed by atoms with van der Waals surface area (Å²) >= 11 is 0. The number of benzene rings is 1.